The number of carbonyl (C=O) groups is 1. The molecule has 18 heavy (non-hydrogen) atoms. The summed E-state index contributed by atoms with van der Waals surface area (Å²) in [6, 6.07) is 7.91. The standard InChI is InChI=1S/C14H20O3S/c1-14(18-3,13(15)16)10-4-5-11-6-8-12(17-2)9-7-11/h6-9H,4-5,10H2,1-3H3,(H,15,16). The van der Waals surface area contributed by atoms with Gasteiger partial charge >= 0.3 is 5.97 Å². The van der Waals surface area contributed by atoms with Gasteiger partial charge in [0.15, 0.2) is 0 Å². The second kappa shape index (κ2) is 6.69. The average molecular weight is 268 g/mol. The van der Waals surface area contributed by atoms with E-state index in [1.807, 2.05) is 30.5 Å². The molecule has 1 atom stereocenters. The second-order valence-corrected chi connectivity index (χ2v) is 5.75. The van der Waals surface area contributed by atoms with Crippen LogP contribution in [0.4, 0.5) is 0 Å². The highest BCUT2D eigenvalue weighted by Crippen LogP contribution is 2.28. The number of carboxylic acids is 1. The molecule has 0 fully saturated rings. The Kier molecular flexibility index (Phi) is 5.54. The van der Waals surface area contributed by atoms with Crippen molar-refractivity contribution in [2.45, 2.75) is 30.9 Å². The van der Waals surface area contributed by atoms with Crippen molar-refractivity contribution in [1.29, 1.82) is 0 Å². The van der Waals surface area contributed by atoms with Crippen LogP contribution in [0.15, 0.2) is 24.3 Å². The van der Waals surface area contributed by atoms with Crippen molar-refractivity contribution in [2.24, 2.45) is 0 Å². The molecule has 0 bridgehead atoms. The SMILES string of the molecule is COc1ccc(CCCC(C)(SC)C(=O)O)cc1. The maximum Gasteiger partial charge on any atom is 0.319 e. The first-order valence-corrected chi connectivity index (χ1v) is 7.16. The Hall–Kier alpha value is -1.16. The first-order valence-electron chi connectivity index (χ1n) is 5.93. The number of methoxy groups -OCH3 is 1. The van der Waals surface area contributed by atoms with E-state index in [4.69, 9.17) is 9.84 Å². The molecule has 1 unspecified atom stereocenters. The van der Waals surface area contributed by atoms with Crippen LogP contribution < -0.4 is 4.74 Å². The van der Waals surface area contributed by atoms with Crippen molar-refractivity contribution in [3.8, 4) is 5.75 Å². The molecule has 1 aromatic rings. The topological polar surface area (TPSA) is 46.5 Å². The van der Waals surface area contributed by atoms with Crippen LogP contribution in [0.1, 0.15) is 25.3 Å². The Labute approximate surface area is 113 Å². The van der Waals surface area contributed by atoms with E-state index in [1.54, 1.807) is 14.0 Å². The lowest BCUT2D eigenvalue weighted by Crippen LogP contribution is -2.31. The van der Waals surface area contributed by atoms with Crippen LogP contribution in [0.25, 0.3) is 0 Å². The third-order valence-electron chi connectivity index (χ3n) is 3.18. The van der Waals surface area contributed by atoms with E-state index in [0.29, 0.717) is 6.42 Å². The molecule has 3 nitrogen and oxygen atoms in total. The Morgan fingerprint density at radius 1 is 1.39 bits per heavy atom. The molecule has 0 aliphatic carbocycles. The summed E-state index contributed by atoms with van der Waals surface area (Å²) in [5, 5.41) is 9.16. The predicted molar refractivity (Wildman–Crippen MR) is 75.5 cm³/mol. The van der Waals surface area contributed by atoms with E-state index < -0.39 is 10.7 Å². The number of hydrogen-bond acceptors (Lipinski definition) is 3. The summed E-state index contributed by atoms with van der Waals surface area (Å²) in [5.74, 6) is 0.114. The first-order chi connectivity index (χ1) is 8.51. The molecule has 1 rings (SSSR count). The minimum Gasteiger partial charge on any atom is -0.497 e. The largest absolute Gasteiger partial charge is 0.497 e. The van der Waals surface area contributed by atoms with Gasteiger partial charge in [0.25, 0.3) is 0 Å². The van der Waals surface area contributed by atoms with E-state index in [9.17, 15) is 4.79 Å². The van der Waals surface area contributed by atoms with E-state index >= 15 is 0 Å². The summed E-state index contributed by atoms with van der Waals surface area (Å²) in [6.07, 6.45) is 4.29. The van der Waals surface area contributed by atoms with Gasteiger partial charge in [-0.3, -0.25) is 4.79 Å². The van der Waals surface area contributed by atoms with Gasteiger partial charge in [-0.1, -0.05) is 12.1 Å². The summed E-state index contributed by atoms with van der Waals surface area (Å²) in [4.78, 5) is 11.1. The Morgan fingerprint density at radius 3 is 2.44 bits per heavy atom. The number of carboxylic acid groups (broad SMARTS) is 1. The van der Waals surface area contributed by atoms with Crippen LogP contribution in [-0.4, -0.2) is 29.2 Å². The molecule has 100 valence electrons. The van der Waals surface area contributed by atoms with Crippen LogP contribution in [0.3, 0.4) is 0 Å². The number of hydrogen-bond donors (Lipinski definition) is 1. The molecule has 0 spiro atoms. The Morgan fingerprint density at radius 2 is 2.00 bits per heavy atom. The monoisotopic (exact) mass is 268 g/mol. The quantitative estimate of drug-likeness (QED) is 0.824. The number of rotatable bonds is 7. The highest BCUT2D eigenvalue weighted by molar-refractivity contribution is 8.00. The molecule has 1 N–H and O–H groups in total. The molecule has 0 aromatic heterocycles. The molecule has 0 radical (unpaired) electrons. The number of aryl methyl sites for hydroxylation is 1. The molecule has 0 aliphatic heterocycles. The summed E-state index contributed by atoms with van der Waals surface area (Å²) in [6.45, 7) is 1.79. The van der Waals surface area contributed by atoms with E-state index in [0.717, 1.165) is 18.6 Å². The number of aliphatic carboxylic acids is 1. The molecule has 0 saturated heterocycles. The van der Waals surface area contributed by atoms with Gasteiger partial charge in [0.2, 0.25) is 0 Å². The smallest absolute Gasteiger partial charge is 0.319 e. The zero-order valence-corrected chi connectivity index (χ0v) is 11.9. The number of ether oxygens (including phenoxy) is 1. The maximum absolute atomic E-state index is 11.1. The lowest BCUT2D eigenvalue weighted by Gasteiger charge is -2.21. The van der Waals surface area contributed by atoms with Gasteiger partial charge in [0.05, 0.1) is 7.11 Å². The normalized spacial score (nSPS) is 13.9. The van der Waals surface area contributed by atoms with Gasteiger partial charge in [0.1, 0.15) is 10.5 Å². The summed E-state index contributed by atoms with van der Waals surface area (Å²) >= 11 is 1.40. The van der Waals surface area contributed by atoms with Crippen LogP contribution in [0, 0.1) is 0 Å². The van der Waals surface area contributed by atoms with Crippen molar-refractivity contribution in [3.63, 3.8) is 0 Å². The van der Waals surface area contributed by atoms with Crippen molar-refractivity contribution in [1.82, 2.24) is 0 Å². The minimum absolute atomic E-state index is 0.674. The average Bonchev–Trinajstić information content (AvgIpc) is 2.39. The lowest BCUT2D eigenvalue weighted by atomic mass is 10.0. The zero-order chi connectivity index (χ0) is 13.6. The number of thioether (sulfide) groups is 1. The van der Waals surface area contributed by atoms with Gasteiger partial charge in [-0.15, -0.1) is 11.8 Å². The fourth-order valence-corrected chi connectivity index (χ4v) is 2.24. The van der Waals surface area contributed by atoms with Crippen LogP contribution in [0.5, 0.6) is 5.75 Å². The predicted octanol–water partition coefficient (Wildman–Crippen LogP) is 3.22. The van der Waals surface area contributed by atoms with Crippen LogP contribution >= 0.6 is 11.8 Å². The molecule has 0 saturated carbocycles. The zero-order valence-electron chi connectivity index (χ0n) is 11.1. The van der Waals surface area contributed by atoms with Gasteiger partial charge in [-0.2, -0.15) is 0 Å². The van der Waals surface area contributed by atoms with Crippen LogP contribution in [-0.2, 0) is 11.2 Å². The number of benzene rings is 1. The third kappa shape index (κ3) is 3.95. The van der Waals surface area contributed by atoms with E-state index in [2.05, 4.69) is 0 Å². The van der Waals surface area contributed by atoms with Crippen molar-refractivity contribution in [3.05, 3.63) is 29.8 Å². The molecule has 0 aliphatic rings. The maximum atomic E-state index is 11.1. The van der Waals surface area contributed by atoms with E-state index in [-0.39, 0.29) is 0 Å². The Balaban J connectivity index is 2.47. The molecule has 0 heterocycles. The van der Waals surface area contributed by atoms with Gasteiger partial charge in [-0.05, 0) is 50.1 Å². The Bertz CT molecular complexity index is 389. The molecular weight excluding hydrogens is 248 g/mol. The fourth-order valence-electron chi connectivity index (χ4n) is 1.72. The van der Waals surface area contributed by atoms with Crippen molar-refractivity contribution >= 4 is 17.7 Å². The summed E-state index contributed by atoms with van der Waals surface area (Å²) < 4.78 is 4.42. The van der Waals surface area contributed by atoms with Crippen LogP contribution in [0.2, 0.25) is 0 Å². The fraction of sp³-hybridized carbons (Fsp3) is 0.500. The lowest BCUT2D eigenvalue weighted by molar-refractivity contribution is -0.139. The molecular formula is C14H20O3S. The summed E-state index contributed by atoms with van der Waals surface area (Å²) in [7, 11) is 1.64. The minimum atomic E-state index is -0.732. The second-order valence-electron chi connectivity index (χ2n) is 4.44. The molecule has 1 aromatic carbocycles. The first kappa shape index (κ1) is 14.9. The van der Waals surface area contributed by atoms with Crippen molar-refractivity contribution in [2.75, 3.05) is 13.4 Å². The van der Waals surface area contributed by atoms with Gasteiger partial charge in [0, 0.05) is 0 Å². The summed E-state index contributed by atoms with van der Waals surface area (Å²) in [5.41, 5.74) is 1.21. The highest BCUT2D eigenvalue weighted by Gasteiger charge is 2.31. The van der Waals surface area contributed by atoms with Gasteiger partial charge < -0.3 is 9.84 Å². The van der Waals surface area contributed by atoms with Crippen molar-refractivity contribution < 1.29 is 14.6 Å². The molecule has 0 amide bonds. The molecule has 4 heteroatoms. The third-order valence-corrected chi connectivity index (χ3v) is 4.46. The van der Waals surface area contributed by atoms with Gasteiger partial charge in [-0.25, -0.2) is 0 Å². The highest BCUT2D eigenvalue weighted by atomic mass is 32.2. The van der Waals surface area contributed by atoms with E-state index in [1.165, 1.54) is 17.3 Å².